The first-order valence-electron chi connectivity index (χ1n) is 6.83. The molecular weight excluding hydrogens is 278 g/mol. The summed E-state index contributed by atoms with van der Waals surface area (Å²) in [6.45, 7) is 7.23. The highest BCUT2D eigenvalue weighted by molar-refractivity contribution is 6.32. The van der Waals surface area contributed by atoms with E-state index in [9.17, 15) is 4.79 Å². The molecule has 5 nitrogen and oxygen atoms in total. The van der Waals surface area contributed by atoms with Crippen LogP contribution in [0.1, 0.15) is 42.9 Å². The Morgan fingerprint density at radius 1 is 1.35 bits per heavy atom. The Kier molecular flexibility index (Phi) is 6.88. The highest BCUT2D eigenvalue weighted by Crippen LogP contribution is 2.26. The average molecular weight is 300 g/mol. The molecule has 0 aliphatic rings. The van der Waals surface area contributed by atoms with Crippen LogP contribution in [0.3, 0.4) is 0 Å². The fourth-order valence-corrected chi connectivity index (χ4v) is 2.49. The highest BCUT2D eigenvalue weighted by atomic mass is 35.5. The minimum atomic E-state index is 0.205. The van der Waals surface area contributed by atoms with E-state index in [4.69, 9.17) is 16.3 Å². The second kappa shape index (κ2) is 8.17. The molecule has 1 rings (SSSR count). The van der Waals surface area contributed by atoms with Crippen molar-refractivity contribution in [2.75, 3.05) is 25.2 Å². The maximum atomic E-state index is 11.3. The largest absolute Gasteiger partial charge is 0.383 e. The molecule has 0 radical (unpaired) electrons. The zero-order valence-corrected chi connectivity index (χ0v) is 13.3. The maximum Gasteiger partial charge on any atom is 0.156 e. The van der Waals surface area contributed by atoms with Crippen LogP contribution in [-0.2, 0) is 4.74 Å². The van der Waals surface area contributed by atoms with E-state index < -0.39 is 0 Å². The van der Waals surface area contributed by atoms with E-state index in [1.807, 2.05) is 0 Å². The van der Waals surface area contributed by atoms with Crippen molar-refractivity contribution in [3.05, 3.63) is 16.5 Å². The fraction of sp³-hybridized carbons (Fsp3) is 0.643. The first-order chi connectivity index (χ1) is 9.58. The Labute approximate surface area is 125 Å². The Morgan fingerprint density at radius 3 is 2.50 bits per heavy atom. The molecular formula is C14H22ClN3O2. The monoisotopic (exact) mass is 299 g/mol. The van der Waals surface area contributed by atoms with Crippen LogP contribution in [-0.4, -0.2) is 42.6 Å². The van der Waals surface area contributed by atoms with Crippen molar-refractivity contribution in [2.24, 2.45) is 0 Å². The third-order valence-corrected chi connectivity index (χ3v) is 3.59. The second-order valence-electron chi connectivity index (χ2n) is 4.57. The van der Waals surface area contributed by atoms with Crippen molar-refractivity contribution < 1.29 is 9.53 Å². The van der Waals surface area contributed by atoms with Gasteiger partial charge in [0, 0.05) is 19.7 Å². The number of aldehydes is 1. The second-order valence-corrected chi connectivity index (χ2v) is 4.93. The normalized spacial score (nSPS) is 10.9. The number of anilines is 1. The summed E-state index contributed by atoms with van der Waals surface area (Å²) in [6.07, 6.45) is 2.64. The van der Waals surface area contributed by atoms with Crippen molar-refractivity contribution in [3.63, 3.8) is 0 Å². The summed E-state index contributed by atoms with van der Waals surface area (Å²) in [5.74, 6) is 1.16. The molecule has 1 heterocycles. The summed E-state index contributed by atoms with van der Waals surface area (Å²) >= 11 is 6.06. The van der Waals surface area contributed by atoms with Crippen molar-refractivity contribution in [3.8, 4) is 0 Å². The molecule has 112 valence electrons. The quantitative estimate of drug-likeness (QED) is 0.546. The molecule has 1 aromatic heterocycles. The van der Waals surface area contributed by atoms with Crippen LogP contribution in [0.15, 0.2) is 0 Å². The molecule has 0 spiro atoms. The van der Waals surface area contributed by atoms with Gasteiger partial charge >= 0.3 is 0 Å². The first kappa shape index (κ1) is 16.9. The van der Waals surface area contributed by atoms with Crippen molar-refractivity contribution in [1.29, 1.82) is 0 Å². The van der Waals surface area contributed by atoms with Gasteiger partial charge in [0.1, 0.15) is 16.8 Å². The molecule has 0 fully saturated rings. The maximum absolute atomic E-state index is 11.3. The van der Waals surface area contributed by atoms with Gasteiger partial charge in [-0.05, 0) is 19.8 Å². The van der Waals surface area contributed by atoms with E-state index in [1.165, 1.54) is 0 Å². The third kappa shape index (κ3) is 3.90. The Morgan fingerprint density at radius 2 is 2.00 bits per heavy atom. The lowest BCUT2D eigenvalue weighted by atomic mass is 10.1. The summed E-state index contributed by atoms with van der Waals surface area (Å²) < 4.78 is 5.16. The van der Waals surface area contributed by atoms with E-state index in [1.54, 1.807) is 14.0 Å². The number of halogens is 1. The number of hydrogen-bond acceptors (Lipinski definition) is 5. The van der Waals surface area contributed by atoms with Gasteiger partial charge in [0.15, 0.2) is 6.29 Å². The van der Waals surface area contributed by atoms with E-state index in [2.05, 4.69) is 28.7 Å². The first-order valence-corrected chi connectivity index (χ1v) is 7.21. The van der Waals surface area contributed by atoms with Crippen LogP contribution < -0.4 is 4.90 Å². The Balaban J connectivity index is 3.27. The van der Waals surface area contributed by atoms with Gasteiger partial charge in [0.25, 0.3) is 0 Å². The molecule has 0 saturated heterocycles. The minimum absolute atomic E-state index is 0.205. The summed E-state index contributed by atoms with van der Waals surface area (Å²) in [5, 5.41) is 0.205. The number of methoxy groups -OCH3 is 1. The fourth-order valence-electron chi connectivity index (χ4n) is 2.23. The van der Waals surface area contributed by atoms with Crippen LogP contribution in [0.2, 0.25) is 5.15 Å². The molecule has 0 amide bonds. The van der Waals surface area contributed by atoms with Crippen LogP contribution in [0, 0.1) is 6.92 Å². The number of rotatable bonds is 8. The standard InChI is InChI=1S/C14H22ClN3O2/c1-5-11(6-2)18(7-8-20-4)14-12(9-19)13(15)16-10(3)17-14/h9,11H,5-8H2,1-4H3. The van der Waals surface area contributed by atoms with E-state index in [0.29, 0.717) is 30.4 Å². The number of ether oxygens (including phenoxy) is 1. The predicted molar refractivity (Wildman–Crippen MR) is 80.8 cm³/mol. The van der Waals surface area contributed by atoms with Crippen molar-refractivity contribution in [1.82, 2.24) is 9.97 Å². The molecule has 6 heteroatoms. The summed E-state index contributed by atoms with van der Waals surface area (Å²) in [4.78, 5) is 21.9. The molecule has 0 aromatic carbocycles. The molecule has 0 atom stereocenters. The highest BCUT2D eigenvalue weighted by Gasteiger charge is 2.22. The molecule has 0 aliphatic heterocycles. The van der Waals surface area contributed by atoms with Gasteiger partial charge in [0.2, 0.25) is 0 Å². The molecule has 0 N–H and O–H groups in total. The zero-order valence-electron chi connectivity index (χ0n) is 12.5. The predicted octanol–water partition coefficient (Wildman–Crippen LogP) is 2.89. The zero-order chi connectivity index (χ0) is 15.1. The van der Waals surface area contributed by atoms with E-state index in [-0.39, 0.29) is 11.2 Å². The molecule has 1 aromatic rings. The lowest BCUT2D eigenvalue weighted by Gasteiger charge is -2.32. The minimum Gasteiger partial charge on any atom is -0.383 e. The van der Waals surface area contributed by atoms with Crippen LogP contribution >= 0.6 is 11.6 Å². The topological polar surface area (TPSA) is 55.3 Å². The number of carbonyl (C=O) groups is 1. The van der Waals surface area contributed by atoms with Gasteiger partial charge in [0.05, 0.1) is 12.2 Å². The number of aryl methyl sites for hydroxylation is 1. The lowest BCUT2D eigenvalue weighted by molar-refractivity contribution is 0.112. The number of carbonyl (C=O) groups excluding carboxylic acids is 1. The molecule has 0 aliphatic carbocycles. The van der Waals surface area contributed by atoms with Gasteiger partial charge in [-0.3, -0.25) is 4.79 Å². The Bertz CT molecular complexity index is 450. The Hall–Kier alpha value is -1.20. The van der Waals surface area contributed by atoms with Gasteiger partial charge in [-0.2, -0.15) is 0 Å². The van der Waals surface area contributed by atoms with Gasteiger partial charge in [-0.25, -0.2) is 9.97 Å². The van der Waals surface area contributed by atoms with Crippen LogP contribution in [0.25, 0.3) is 0 Å². The molecule has 20 heavy (non-hydrogen) atoms. The summed E-state index contributed by atoms with van der Waals surface area (Å²) in [6, 6.07) is 0.286. The van der Waals surface area contributed by atoms with E-state index >= 15 is 0 Å². The smallest absolute Gasteiger partial charge is 0.156 e. The summed E-state index contributed by atoms with van der Waals surface area (Å²) in [7, 11) is 1.66. The van der Waals surface area contributed by atoms with Crippen LogP contribution in [0.5, 0.6) is 0 Å². The average Bonchev–Trinajstić information content (AvgIpc) is 2.42. The molecule has 0 unspecified atom stereocenters. The van der Waals surface area contributed by atoms with Gasteiger partial charge in [-0.1, -0.05) is 25.4 Å². The van der Waals surface area contributed by atoms with Crippen molar-refractivity contribution >= 4 is 23.7 Å². The SMILES string of the molecule is CCC(CC)N(CCOC)c1nc(C)nc(Cl)c1C=O. The number of aromatic nitrogens is 2. The van der Waals surface area contributed by atoms with Crippen molar-refractivity contribution in [2.45, 2.75) is 39.7 Å². The third-order valence-electron chi connectivity index (χ3n) is 3.30. The van der Waals surface area contributed by atoms with Gasteiger partial charge in [-0.15, -0.1) is 0 Å². The summed E-state index contributed by atoms with van der Waals surface area (Å²) in [5.41, 5.74) is 0.347. The van der Waals surface area contributed by atoms with Gasteiger partial charge < -0.3 is 9.64 Å². The number of hydrogen-bond donors (Lipinski definition) is 0. The lowest BCUT2D eigenvalue weighted by Crippen LogP contribution is -2.38. The molecule has 0 saturated carbocycles. The van der Waals surface area contributed by atoms with Crippen LogP contribution in [0.4, 0.5) is 5.82 Å². The number of nitrogens with zero attached hydrogens (tertiary/aromatic N) is 3. The van der Waals surface area contributed by atoms with E-state index in [0.717, 1.165) is 19.1 Å². The molecule has 0 bridgehead atoms.